The van der Waals surface area contributed by atoms with Gasteiger partial charge >= 0.3 is 0 Å². The molecule has 0 saturated carbocycles. The van der Waals surface area contributed by atoms with E-state index in [-0.39, 0.29) is 29.8 Å². The summed E-state index contributed by atoms with van der Waals surface area (Å²) in [5.41, 5.74) is 0.859. The van der Waals surface area contributed by atoms with Gasteiger partial charge in [-0.25, -0.2) is 0 Å². The molecule has 4 atom stereocenters. The standard InChI is InChI=1S/C41H48O6Si/c1-31(42)37-38(32(2)43)47-41(30-44-28-33-18-10-6-11-19-33,39(37)45-29-34-20-12-7-13-21-34)26-27-46-48(40(3,4)5,35-22-14-8-15-23-35)36-24-16-9-17-25-36/h6-25,37-39H,26-30H2,1-5H3/t37-,38?,39-,41+/m0/s1. The van der Waals surface area contributed by atoms with E-state index in [4.69, 9.17) is 18.6 Å². The van der Waals surface area contributed by atoms with Crippen LogP contribution in [0, 0.1) is 5.92 Å². The van der Waals surface area contributed by atoms with E-state index in [1.54, 1.807) is 0 Å². The summed E-state index contributed by atoms with van der Waals surface area (Å²) in [6.07, 6.45) is -1.32. The van der Waals surface area contributed by atoms with E-state index in [1.807, 2.05) is 72.8 Å². The van der Waals surface area contributed by atoms with Crippen LogP contribution in [0.4, 0.5) is 0 Å². The number of Topliss-reactive ketones (excluding diaryl/α,β-unsaturated/α-hetero) is 2. The highest BCUT2D eigenvalue weighted by atomic mass is 28.4. The predicted octanol–water partition coefficient (Wildman–Crippen LogP) is 6.69. The molecule has 0 aromatic heterocycles. The Morgan fingerprint density at radius 1 is 0.708 bits per heavy atom. The van der Waals surface area contributed by atoms with Crippen molar-refractivity contribution in [2.45, 2.75) is 77.1 Å². The maximum Gasteiger partial charge on any atom is 0.261 e. The first-order chi connectivity index (χ1) is 23.1. The lowest BCUT2D eigenvalue weighted by atomic mass is 9.83. The van der Waals surface area contributed by atoms with Gasteiger partial charge < -0.3 is 18.6 Å². The maximum atomic E-state index is 13.3. The molecule has 0 amide bonds. The zero-order chi connectivity index (χ0) is 34.2. The lowest BCUT2D eigenvalue weighted by Gasteiger charge is -2.44. The summed E-state index contributed by atoms with van der Waals surface area (Å²) in [5.74, 6) is -1.13. The highest BCUT2D eigenvalue weighted by Crippen LogP contribution is 2.43. The monoisotopic (exact) mass is 664 g/mol. The van der Waals surface area contributed by atoms with E-state index in [0.29, 0.717) is 19.6 Å². The van der Waals surface area contributed by atoms with E-state index in [2.05, 4.69) is 69.3 Å². The number of rotatable bonds is 15. The zero-order valence-electron chi connectivity index (χ0n) is 28.8. The van der Waals surface area contributed by atoms with Crippen molar-refractivity contribution >= 4 is 30.3 Å². The normalized spacial score (nSPS) is 21.2. The Bertz CT molecular complexity index is 1570. The van der Waals surface area contributed by atoms with E-state index in [0.717, 1.165) is 11.1 Å². The minimum Gasteiger partial charge on any atom is -0.407 e. The molecule has 252 valence electrons. The molecular formula is C41H48O6Si. The molecule has 6 nitrogen and oxygen atoms in total. The second-order valence-corrected chi connectivity index (χ2v) is 18.1. The molecule has 4 aromatic carbocycles. The van der Waals surface area contributed by atoms with Crippen LogP contribution in [0.2, 0.25) is 5.04 Å². The van der Waals surface area contributed by atoms with Gasteiger partial charge in [-0.3, -0.25) is 9.59 Å². The van der Waals surface area contributed by atoms with Gasteiger partial charge in [0.05, 0.1) is 25.7 Å². The average Bonchev–Trinajstić information content (AvgIpc) is 3.41. The van der Waals surface area contributed by atoms with Crippen molar-refractivity contribution < 1.29 is 28.2 Å². The summed E-state index contributed by atoms with van der Waals surface area (Å²) in [7, 11) is -2.88. The molecule has 0 aliphatic carbocycles. The van der Waals surface area contributed by atoms with Crippen molar-refractivity contribution in [3.63, 3.8) is 0 Å². The molecule has 1 saturated heterocycles. The number of ketones is 2. The molecule has 0 N–H and O–H groups in total. The van der Waals surface area contributed by atoms with Crippen molar-refractivity contribution in [3.8, 4) is 0 Å². The van der Waals surface area contributed by atoms with Crippen molar-refractivity contribution in [2.24, 2.45) is 5.92 Å². The van der Waals surface area contributed by atoms with Crippen LogP contribution in [0.15, 0.2) is 121 Å². The third-order valence-electron chi connectivity index (χ3n) is 9.39. The fraction of sp³-hybridized carbons (Fsp3) is 0.366. The second-order valence-electron chi connectivity index (χ2n) is 13.8. The summed E-state index contributed by atoms with van der Waals surface area (Å²) in [6, 6.07) is 40.8. The molecule has 0 radical (unpaired) electrons. The molecule has 1 aliphatic rings. The van der Waals surface area contributed by atoms with Gasteiger partial charge in [-0.2, -0.15) is 0 Å². The zero-order valence-corrected chi connectivity index (χ0v) is 29.8. The Kier molecular flexibility index (Phi) is 11.6. The van der Waals surface area contributed by atoms with Crippen LogP contribution in [0.25, 0.3) is 0 Å². The Morgan fingerprint density at radius 3 is 1.65 bits per heavy atom. The first-order valence-corrected chi connectivity index (χ1v) is 18.7. The smallest absolute Gasteiger partial charge is 0.261 e. The molecule has 1 aliphatic heterocycles. The van der Waals surface area contributed by atoms with Gasteiger partial charge in [-0.15, -0.1) is 0 Å². The summed E-state index contributed by atoms with van der Waals surface area (Å²) >= 11 is 0. The van der Waals surface area contributed by atoms with E-state index >= 15 is 0 Å². The van der Waals surface area contributed by atoms with E-state index in [9.17, 15) is 9.59 Å². The minimum atomic E-state index is -2.88. The molecular weight excluding hydrogens is 617 g/mol. The Balaban J connectivity index is 1.53. The van der Waals surface area contributed by atoms with Gasteiger partial charge in [0.25, 0.3) is 8.32 Å². The number of ether oxygens (including phenoxy) is 3. The van der Waals surface area contributed by atoms with Crippen LogP contribution in [-0.2, 0) is 41.4 Å². The molecule has 7 heteroatoms. The number of carbonyl (C=O) groups is 2. The highest BCUT2D eigenvalue weighted by molar-refractivity contribution is 6.99. The molecule has 5 rings (SSSR count). The Morgan fingerprint density at radius 2 is 1.19 bits per heavy atom. The SMILES string of the molecule is CC(=O)C1O[C@](CCO[Si](c2ccccc2)(c2ccccc2)C(C)(C)C)(COCc2ccccc2)[C@@H](OCc2ccccc2)[C@H]1C(C)=O. The maximum absolute atomic E-state index is 13.3. The number of hydrogen-bond donors (Lipinski definition) is 0. The third kappa shape index (κ3) is 7.77. The van der Waals surface area contributed by atoms with E-state index in [1.165, 1.54) is 24.2 Å². The first-order valence-electron chi connectivity index (χ1n) is 16.8. The summed E-state index contributed by atoms with van der Waals surface area (Å²) in [4.78, 5) is 26.4. The average molecular weight is 665 g/mol. The third-order valence-corrected chi connectivity index (χ3v) is 14.4. The molecule has 0 bridgehead atoms. The van der Waals surface area contributed by atoms with Crippen LogP contribution < -0.4 is 10.4 Å². The first kappa shape index (κ1) is 35.6. The van der Waals surface area contributed by atoms with Gasteiger partial charge in [0.1, 0.15) is 23.6 Å². The van der Waals surface area contributed by atoms with Crippen LogP contribution in [-0.4, -0.2) is 50.9 Å². The molecule has 1 heterocycles. The summed E-state index contributed by atoms with van der Waals surface area (Å²) in [5, 5.41) is 2.12. The number of carbonyl (C=O) groups excluding carboxylic acids is 2. The van der Waals surface area contributed by atoms with Crippen molar-refractivity contribution in [3.05, 3.63) is 132 Å². The summed E-state index contributed by atoms with van der Waals surface area (Å²) in [6.45, 7) is 10.8. The fourth-order valence-electron chi connectivity index (χ4n) is 7.10. The van der Waals surface area contributed by atoms with Crippen LogP contribution in [0.1, 0.15) is 52.2 Å². The molecule has 1 unspecified atom stereocenters. The predicted molar refractivity (Wildman–Crippen MR) is 192 cm³/mol. The fourth-order valence-corrected chi connectivity index (χ4v) is 11.7. The van der Waals surface area contributed by atoms with Crippen LogP contribution in [0.5, 0.6) is 0 Å². The summed E-state index contributed by atoms with van der Waals surface area (Å²) < 4.78 is 27.1. The number of benzene rings is 4. The van der Waals surface area contributed by atoms with Gasteiger partial charge in [0, 0.05) is 13.0 Å². The van der Waals surface area contributed by atoms with Gasteiger partial charge in [-0.05, 0) is 40.4 Å². The molecule has 4 aromatic rings. The van der Waals surface area contributed by atoms with Gasteiger partial charge in [0.2, 0.25) is 0 Å². The Labute approximate surface area is 286 Å². The topological polar surface area (TPSA) is 71.1 Å². The van der Waals surface area contributed by atoms with E-state index < -0.39 is 32.0 Å². The second kappa shape index (κ2) is 15.7. The van der Waals surface area contributed by atoms with Crippen molar-refractivity contribution in [1.29, 1.82) is 0 Å². The number of hydrogen-bond acceptors (Lipinski definition) is 6. The highest BCUT2D eigenvalue weighted by Gasteiger charge is 2.59. The lowest BCUT2D eigenvalue weighted by Crippen LogP contribution is -2.67. The molecule has 1 fully saturated rings. The largest absolute Gasteiger partial charge is 0.407 e. The lowest BCUT2D eigenvalue weighted by molar-refractivity contribution is -0.160. The van der Waals surface area contributed by atoms with Crippen LogP contribution in [0.3, 0.4) is 0 Å². The Hall–Kier alpha value is -3.72. The van der Waals surface area contributed by atoms with Crippen molar-refractivity contribution in [1.82, 2.24) is 0 Å². The molecule has 0 spiro atoms. The van der Waals surface area contributed by atoms with Gasteiger partial charge in [0.15, 0.2) is 5.78 Å². The molecule has 48 heavy (non-hydrogen) atoms. The van der Waals surface area contributed by atoms with Gasteiger partial charge in [-0.1, -0.05) is 142 Å². The quantitative estimate of drug-likeness (QED) is 0.132. The minimum absolute atomic E-state index is 0.124. The van der Waals surface area contributed by atoms with Crippen LogP contribution >= 0.6 is 0 Å². The van der Waals surface area contributed by atoms with Crippen molar-refractivity contribution in [2.75, 3.05) is 13.2 Å².